The largest absolute Gasteiger partial charge is 0.256 e. The van der Waals surface area contributed by atoms with Gasteiger partial charge in [-0.3, -0.25) is 15.0 Å². The number of rotatable bonds is 3. The first-order valence-electron chi connectivity index (χ1n) is 21.8. The molecule has 0 saturated heterocycles. The van der Waals surface area contributed by atoms with Gasteiger partial charge in [-0.05, 0) is 120 Å². The number of hydrogen-bond acceptors (Lipinski definition) is 3. The zero-order valence-electron chi connectivity index (χ0n) is 40.8. The van der Waals surface area contributed by atoms with Crippen LogP contribution in [-0.4, -0.2) is 15.0 Å². The van der Waals surface area contributed by atoms with Gasteiger partial charge in [0.2, 0.25) is 0 Å². The van der Waals surface area contributed by atoms with Crippen LogP contribution >= 0.6 is 0 Å². The molecule has 0 unspecified atom stereocenters. The zero-order valence-corrected chi connectivity index (χ0v) is 43.2. The van der Waals surface area contributed by atoms with Gasteiger partial charge >= 0.3 is 0 Å². The molecule has 6 rings (SSSR count). The molecule has 327 valence electrons. The Balaban J connectivity index is 0.000000242. The van der Waals surface area contributed by atoms with Crippen molar-refractivity contribution in [2.24, 2.45) is 0 Å². The molecular formula is C57H75IrN3. The van der Waals surface area contributed by atoms with Gasteiger partial charge in [-0.1, -0.05) is 179 Å². The van der Waals surface area contributed by atoms with Gasteiger partial charge in [0.05, 0.1) is 17.1 Å². The maximum Gasteiger partial charge on any atom is 0.0704 e. The van der Waals surface area contributed by atoms with Crippen molar-refractivity contribution in [3.63, 3.8) is 0 Å². The third kappa shape index (κ3) is 15.0. The summed E-state index contributed by atoms with van der Waals surface area (Å²) in [6.45, 7) is 40.3. The molecule has 61 heavy (non-hydrogen) atoms. The summed E-state index contributed by atoms with van der Waals surface area (Å²) >= 11 is 0. The number of benzene rings is 3. The third-order valence-corrected chi connectivity index (χ3v) is 11.0. The van der Waals surface area contributed by atoms with E-state index < -0.39 is 0 Å². The summed E-state index contributed by atoms with van der Waals surface area (Å²) < 4.78 is 0. The van der Waals surface area contributed by atoms with Crippen molar-refractivity contribution in [1.82, 2.24) is 15.0 Å². The van der Waals surface area contributed by atoms with Crippen LogP contribution in [0.2, 0.25) is 0 Å². The number of aromatic nitrogens is 3. The fourth-order valence-electron chi connectivity index (χ4n) is 6.60. The van der Waals surface area contributed by atoms with Crippen LogP contribution in [0.4, 0.5) is 0 Å². The minimum absolute atomic E-state index is 0. The van der Waals surface area contributed by atoms with Crippen molar-refractivity contribution in [1.29, 1.82) is 0 Å². The molecule has 0 atom stereocenters. The van der Waals surface area contributed by atoms with Crippen LogP contribution in [0.5, 0.6) is 0 Å². The van der Waals surface area contributed by atoms with Crippen LogP contribution in [0.1, 0.15) is 158 Å². The van der Waals surface area contributed by atoms with Gasteiger partial charge in [-0.15, -0.1) is 0 Å². The molecule has 0 spiro atoms. The van der Waals surface area contributed by atoms with E-state index in [1.165, 1.54) is 50.1 Å². The third-order valence-electron chi connectivity index (χ3n) is 11.0. The Morgan fingerprint density at radius 3 is 0.656 bits per heavy atom. The molecule has 4 heteroatoms. The molecular weight excluding hydrogens is 919 g/mol. The molecule has 3 aromatic carbocycles. The maximum absolute atomic E-state index is 4.55. The van der Waals surface area contributed by atoms with Gasteiger partial charge in [0, 0.05) is 55.4 Å². The molecule has 0 amide bonds. The molecule has 0 N–H and O–H groups in total. The van der Waals surface area contributed by atoms with Gasteiger partial charge in [-0.25, -0.2) is 0 Å². The fraction of sp³-hybridized carbons (Fsp3) is 0.421. The van der Waals surface area contributed by atoms with Crippen LogP contribution in [0.25, 0.3) is 33.8 Å². The standard InChI is InChI=1S/3C19H25N.Ir/c3*1-18(2,3)15-9-7-8-14(12-15)17-13-16(10-11-20-17)19(4,5)6;/h3*7-13H,1-6H3;. The number of nitrogens with zero attached hydrogens (tertiary/aromatic N) is 3. The molecule has 0 saturated carbocycles. The Kier molecular flexibility index (Phi) is 16.6. The SMILES string of the molecule is CC(C)(C)c1cccc(-c2cc(C(C)(C)C)ccn2)c1.CC(C)(C)c1cccc(-c2cc(C(C)(C)C)ccn2)c1.CC(C)(C)c1cccc(-c2cc(C(C)(C)C)ccn2)c1.[Ir]. The quantitative estimate of drug-likeness (QED) is 0.177. The molecule has 3 aromatic heterocycles. The minimum atomic E-state index is 0. The number of pyridine rings is 3. The topological polar surface area (TPSA) is 38.7 Å². The van der Waals surface area contributed by atoms with Gasteiger partial charge in [0.25, 0.3) is 0 Å². The van der Waals surface area contributed by atoms with Gasteiger partial charge in [0.15, 0.2) is 0 Å². The Morgan fingerprint density at radius 1 is 0.262 bits per heavy atom. The second-order valence-corrected chi connectivity index (χ2v) is 22.5. The molecule has 0 bridgehead atoms. The maximum atomic E-state index is 4.55. The Hall–Kier alpha value is -4.24. The molecule has 0 aliphatic heterocycles. The first kappa shape index (κ1) is 51.1. The zero-order chi connectivity index (χ0) is 44.9. The summed E-state index contributed by atoms with van der Waals surface area (Å²) in [6.07, 6.45) is 5.75. The number of hydrogen-bond donors (Lipinski definition) is 0. The van der Waals surface area contributed by atoms with Crippen LogP contribution in [0.15, 0.2) is 128 Å². The van der Waals surface area contributed by atoms with Crippen molar-refractivity contribution in [2.75, 3.05) is 0 Å². The van der Waals surface area contributed by atoms with E-state index in [4.69, 9.17) is 0 Å². The van der Waals surface area contributed by atoms with E-state index in [2.05, 4.69) is 249 Å². The van der Waals surface area contributed by atoms with E-state index in [0.717, 1.165) is 17.1 Å². The molecule has 0 aliphatic carbocycles. The molecule has 0 aliphatic rings. The van der Waals surface area contributed by atoms with Crippen molar-refractivity contribution in [2.45, 2.75) is 157 Å². The minimum Gasteiger partial charge on any atom is -0.256 e. The van der Waals surface area contributed by atoms with E-state index >= 15 is 0 Å². The van der Waals surface area contributed by atoms with E-state index in [0.29, 0.717) is 0 Å². The Morgan fingerprint density at radius 2 is 0.459 bits per heavy atom. The average Bonchev–Trinajstić information content (AvgIpc) is 3.17. The summed E-state index contributed by atoms with van der Waals surface area (Å²) in [5, 5.41) is 0. The average molecular weight is 994 g/mol. The van der Waals surface area contributed by atoms with E-state index in [1.807, 2.05) is 18.6 Å². The molecule has 0 fully saturated rings. The normalized spacial score (nSPS) is 12.3. The van der Waals surface area contributed by atoms with Crippen molar-refractivity contribution in [3.05, 3.63) is 161 Å². The van der Waals surface area contributed by atoms with Gasteiger partial charge in [0.1, 0.15) is 0 Å². The summed E-state index contributed by atoms with van der Waals surface area (Å²) in [4.78, 5) is 13.6. The van der Waals surface area contributed by atoms with E-state index in [9.17, 15) is 0 Å². The van der Waals surface area contributed by atoms with Crippen LogP contribution < -0.4 is 0 Å². The summed E-state index contributed by atoms with van der Waals surface area (Å²) in [5.74, 6) is 0. The monoisotopic (exact) mass is 995 g/mol. The second-order valence-electron chi connectivity index (χ2n) is 22.5. The molecule has 3 heterocycles. The second kappa shape index (κ2) is 19.9. The van der Waals surface area contributed by atoms with E-state index in [1.54, 1.807) is 0 Å². The predicted octanol–water partition coefficient (Wildman–Crippen LogP) is 16.0. The first-order chi connectivity index (χ1) is 27.5. The van der Waals surface area contributed by atoms with Crippen LogP contribution in [0.3, 0.4) is 0 Å². The van der Waals surface area contributed by atoms with Crippen molar-refractivity contribution in [3.8, 4) is 33.8 Å². The van der Waals surface area contributed by atoms with Crippen molar-refractivity contribution < 1.29 is 20.1 Å². The Labute approximate surface area is 385 Å². The predicted molar refractivity (Wildman–Crippen MR) is 261 cm³/mol. The van der Waals surface area contributed by atoms with Crippen molar-refractivity contribution >= 4 is 0 Å². The van der Waals surface area contributed by atoms with E-state index in [-0.39, 0.29) is 52.6 Å². The Bertz CT molecular complexity index is 1900. The summed E-state index contributed by atoms with van der Waals surface area (Å²) in [6, 6.07) is 39.1. The molecule has 6 aromatic rings. The first-order valence-corrected chi connectivity index (χ1v) is 21.8. The fourth-order valence-corrected chi connectivity index (χ4v) is 6.60. The summed E-state index contributed by atoms with van der Waals surface area (Å²) in [7, 11) is 0. The van der Waals surface area contributed by atoms with Gasteiger partial charge < -0.3 is 0 Å². The molecule has 1 radical (unpaired) electrons. The van der Waals surface area contributed by atoms with Crippen LogP contribution in [-0.2, 0) is 52.6 Å². The summed E-state index contributed by atoms with van der Waals surface area (Å²) in [5.41, 5.74) is 15.7. The van der Waals surface area contributed by atoms with Gasteiger partial charge in [-0.2, -0.15) is 0 Å². The molecule has 3 nitrogen and oxygen atoms in total. The van der Waals surface area contributed by atoms with Crippen LogP contribution in [0, 0.1) is 0 Å². The smallest absolute Gasteiger partial charge is 0.0704 e.